The van der Waals surface area contributed by atoms with Crippen LogP contribution in [0.25, 0.3) is 33.4 Å². The van der Waals surface area contributed by atoms with E-state index in [4.69, 9.17) is 18.2 Å². The summed E-state index contributed by atoms with van der Waals surface area (Å²) in [5, 5.41) is 9.46. The van der Waals surface area contributed by atoms with Gasteiger partial charge < -0.3 is 13.3 Å². The van der Waals surface area contributed by atoms with Crippen molar-refractivity contribution in [2.75, 3.05) is 0 Å². The third kappa shape index (κ3) is 6.03. The van der Waals surface area contributed by atoms with Gasteiger partial charge in [0.1, 0.15) is 34.6 Å². The molecule has 6 rings (SSSR count). The number of hydrogen-bond acceptors (Lipinski definition) is 9. The lowest BCUT2D eigenvalue weighted by Gasteiger charge is -2.39. The lowest BCUT2D eigenvalue weighted by molar-refractivity contribution is 0.270. The highest BCUT2D eigenvalue weighted by Gasteiger charge is 2.46. The van der Waals surface area contributed by atoms with Crippen LogP contribution in [0.2, 0.25) is 0 Å². The molecule has 0 bridgehead atoms. The van der Waals surface area contributed by atoms with Gasteiger partial charge in [0, 0.05) is 50.7 Å². The van der Waals surface area contributed by atoms with Gasteiger partial charge in [-0.25, -0.2) is 19.9 Å². The first kappa shape index (κ1) is 34.7. The molecule has 0 aliphatic carbocycles. The first-order valence-electron chi connectivity index (χ1n) is 17.3. The molecular weight excluding hydrogens is 612 g/mol. The zero-order chi connectivity index (χ0) is 35.9. The molecule has 6 heterocycles. The fourth-order valence-electron chi connectivity index (χ4n) is 8.55. The van der Waals surface area contributed by atoms with Crippen molar-refractivity contribution in [3.63, 3.8) is 0 Å². The van der Waals surface area contributed by atoms with Gasteiger partial charge in [-0.15, -0.1) is 5.10 Å². The average molecular weight is 665 g/mol. The first-order chi connectivity index (χ1) is 22.5. The summed E-state index contributed by atoms with van der Waals surface area (Å²) in [7, 11) is 0. The highest BCUT2D eigenvalue weighted by atomic mass is 16.4. The standard InChI is InChI=1S/C40H52N6O3/c1-35(2,3)26-28-24(19-41-22-44-28)47-31(26)39(11,12)21-38(9,10)27-29-34(43-18-17-42-29)49-32(27)40(13,14)20-37(7,8)25-23-15-16-45-46-33(23)48-30(25)36(4,5)6/h15-19,22H,20-21H2,1-14H3. The van der Waals surface area contributed by atoms with Crippen molar-refractivity contribution < 1.29 is 13.3 Å². The SMILES string of the molecule is CC(C)(C)c1oc2nnccc2c1C(C)(C)CC(C)(C)c1oc2nccnc2c1C(C)(C)CC(C)(C)c1oc2cncnc2c1C(C)(C)C. The van der Waals surface area contributed by atoms with Crippen molar-refractivity contribution in [2.24, 2.45) is 0 Å². The van der Waals surface area contributed by atoms with Crippen molar-refractivity contribution in [1.82, 2.24) is 30.1 Å². The number of hydrogen-bond donors (Lipinski definition) is 0. The number of fused-ring (bicyclic) bond motifs is 3. The van der Waals surface area contributed by atoms with Crippen molar-refractivity contribution in [2.45, 2.75) is 142 Å². The minimum Gasteiger partial charge on any atom is -0.457 e. The van der Waals surface area contributed by atoms with E-state index in [9.17, 15) is 0 Å². The van der Waals surface area contributed by atoms with Gasteiger partial charge in [0.25, 0.3) is 0 Å². The highest BCUT2D eigenvalue weighted by Crippen LogP contribution is 2.52. The first-order valence-corrected chi connectivity index (χ1v) is 17.3. The van der Waals surface area contributed by atoms with E-state index in [1.807, 2.05) is 6.07 Å². The maximum absolute atomic E-state index is 6.78. The number of aromatic nitrogens is 6. The maximum atomic E-state index is 6.78. The summed E-state index contributed by atoms with van der Waals surface area (Å²) in [6.45, 7) is 31.4. The number of furan rings is 3. The van der Waals surface area contributed by atoms with E-state index in [1.165, 1.54) is 0 Å². The molecule has 6 aromatic heterocycles. The van der Waals surface area contributed by atoms with Crippen LogP contribution in [-0.2, 0) is 32.5 Å². The predicted octanol–water partition coefficient (Wildman–Crippen LogP) is 10.2. The fourth-order valence-corrected chi connectivity index (χ4v) is 8.55. The highest BCUT2D eigenvalue weighted by molar-refractivity contribution is 5.81. The Balaban J connectivity index is 1.47. The Morgan fingerprint density at radius 2 is 1.12 bits per heavy atom. The topological polar surface area (TPSA) is 117 Å². The Bertz CT molecular complexity index is 2170. The summed E-state index contributed by atoms with van der Waals surface area (Å²) in [4.78, 5) is 18.5. The molecule has 0 spiro atoms. The molecule has 0 radical (unpaired) electrons. The van der Waals surface area contributed by atoms with E-state index in [0.29, 0.717) is 17.0 Å². The van der Waals surface area contributed by atoms with Gasteiger partial charge in [0.15, 0.2) is 5.58 Å². The molecule has 0 atom stereocenters. The third-order valence-electron chi connectivity index (χ3n) is 9.85. The van der Waals surface area contributed by atoms with Gasteiger partial charge >= 0.3 is 0 Å². The van der Waals surface area contributed by atoms with Gasteiger partial charge in [-0.05, 0) is 35.2 Å². The monoisotopic (exact) mass is 664 g/mol. The molecule has 260 valence electrons. The minimum absolute atomic E-state index is 0.183. The minimum atomic E-state index is -0.423. The molecule has 0 fully saturated rings. The molecule has 0 saturated carbocycles. The second kappa shape index (κ2) is 11.2. The molecule has 0 aromatic carbocycles. The Labute approximate surface area is 289 Å². The zero-order valence-electron chi connectivity index (χ0n) is 31.8. The Kier molecular flexibility index (Phi) is 7.93. The molecule has 0 aliphatic rings. The maximum Gasteiger partial charge on any atom is 0.246 e. The number of nitrogens with zero attached hydrogens (tertiary/aromatic N) is 6. The third-order valence-corrected chi connectivity index (χ3v) is 9.85. The summed E-state index contributed by atoms with van der Waals surface area (Å²) in [6, 6.07) is 2.02. The van der Waals surface area contributed by atoms with Crippen LogP contribution in [0.15, 0.2) is 50.4 Å². The molecule has 0 amide bonds. The summed E-state index contributed by atoms with van der Waals surface area (Å²) >= 11 is 0. The molecule has 9 heteroatoms. The number of rotatable bonds is 8. The van der Waals surface area contributed by atoms with Crippen molar-refractivity contribution >= 4 is 33.4 Å². The van der Waals surface area contributed by atoms with Crippen LogP contribution in [0.4, 0.5) is 0 Å². The van der Waals surface area contributed by atoms with Crippen LogP contribution in [0, 0.1) is 0 Å². The van der Waals surface area contributed by atoms with E-state index >= 15 is 0 Å². The molecule has 6 aromatic rings. The smallest absolute Gasteiger partial charge is 0.246 e. The van der Waals surface area contributed by atoms with Crippen molar-refractivity contribution in [3.8, 4) is 0 Å². The second-order valence-electron chi connectivity index (χ2n) is 18.5. The lowest BCUT2D eigenvalue weighted by atomic mass is 9.64. The summed E-state index contributed by atoms with van der Waals surface area (Å²) < 4.78 is 19.8. The Morgan fingerprint density at radius 1 is 0.531 bits per heavy atom. The van der Waals surface area contributed by atoms with E-state index < -0.39 is 10.8 Å². The van der Waals surface area contributed by atoms with Gasteiger partial charge in [-0.2, -0.15) is 5.10 Å². The van der Waals surface area contributed by atoms with E-state index in [2.05, 4.69) is 122 Å². The molecule has 0 saturated heterocycles. The largest absolute Gasteiger partial charge is 0.457 e. The Morgan fingerprint density at radius 3 is 1.76 bits per heavy atom. The van der Waals surface area contributed by atoms with Gasteiger partial charge in [-0.1, -0.05) is 96.9 Å². The summed E-state index contributed by atoms with van der Waals surface area (Å²) in [5.74, 6) is 2.78. The van der Waals surface area contributed by atoms with Crippen LogP contribution < -0.4 is 0 Å². The average Bonchev–Trinajstić information content (AvgIpc) is 3.68. The van der Waals surface area contributed by atoms with Crippen LogP contribution >= 0.6 is 0 Å². The molecule has 0 unspecified atom stereocenters. The molecular formula is C40H52N6O3. The van der Waals surface area contributed by atoms with Crippen LogP contribution in [0.1, 0.15) is 144 Å². The van der Waals surface area contributed by atoms with Gasteiger partial charge in [0.05, 0.1) is 12.4 Å². The normalized spacial score (nSPS) is 14.1. The summed E-state index contributed by atoms with van der Waals surface area (Å²) in [6.07, 6.45) is 10.1. The van der Waals surface area contributed by atoms with Gasteiger partial charge in [-0.3, -0.25) is 0 Å². The summed E-state index contributed by atoms with van der Waals surface area (Å²) in [5.41, 5.74) is 4.95. The van der Waals surface area contributed by atoms with Crippen molar-refractivity contribution in [1.29, 1.82) is 0 Å². The van der Waals surface area contributed by atoms with E-state index in [-0.39, 0.29) is 21.7 Å². The molecule has 0 N–H and O–H groups in total. The van der Waals surface area contributed by atoms with Gasteiger partial charge in [0.2, 0.25) is 11.4 Å². The van der Waals surface area contributed by atoms with E-state index in [1.54, 1.807) is 31.1 Å². The molecule has 9 nitrogen and oxygen atoms in total. The molecule has 0 aliphatic heterocycles. The Hall–Kier alpha value is -4.14. The van der Waals surface area contributed by atoms with Crippen LogP contribution in [0.5, 0.6) is 0 Å². The van der Waals surface area contributed by atoms with E-state index in [0.717, 1.165) is 63.2 Å². The van der Waals surface area contributed by atoms with Crippen molar-refractivity contribution in [3.05, 3.63) is 71.2 Å². The quantitative estimate of drug-likeness (QED) is 0.157. The lowest BCUT2D eigenvalue weighted by Crippen LogP contribution is -2.35. The predicted molar refractivity (Wildman–Crippen MR) is 194 cm³/mol. The fraction of sp³-hybridized carbons (Fsp3) is 0.550. The van der Waals surface area contributed by atoms with Crippen LogP contribution in [0.3, 0.4) is 0 Å². The second-order valence-corrected chi connectivity index (χ2v) is 18.5. The molecule has 49 heavy (non-hydrogen) atoms. The zero-order valence-corrected chi connectivity index (χ0v) is 31.8. The van der Waals surface area contributed by atoms with Crippen LogP contribution in [-0.4, -0.2) is 30.1 Å².